The van der Waals surface area contributed by atoms with Crippen molar-refractivity contribution in [3.63, 3.8) is 0 Å². The van der Waals surface area contributed by atoms with Crippen LogP contribution in [0.3, 0.4) is 0 Å². The summed E-state index contributed by atoms with van der Waals surface area (Å²) in [4.78, 5) is 19.0. The highest BCUT2D eigenvalue weighted by Gasteiger charge is 2.27. The molecule has 0 fully saturated rings. The maximum absolute atomic E-state index is 14.0. The quantitative estimate of drug-likeness (QED) is 0.209. The van der Waals surface area contributed by atoms with E-state index >= 15 is 0 Å². The van der Waals surface area contributed by atoms with Gasteiger partial charge in [-0.1, -0.05) is 42.5 Å². The predicted molar refractivity (Wildman–Crippen MR) is 154 cm³/mol. The molecule has 0 radical (unpaired) electrons. The highest BCUT2D eigenvalue weighted by atomic mass is 16.5. The largest absolute Gasteiger partial charge is 0.493 e. The summed E-state index contributed by atoms with van der Waals surface area (Å²) in [7, 11) is 9.25. The van der Waals surface area contributed by atoms with Gasteiger partial charge in [0, 0.05) is 22.3 Å². The monoisotopic (exact) mass is 543 g/mol. The predicted octanol–water partition coefficient (Wildman–Crippen LogP) is 5.87. The molecular weight excluding hydrogens is 510 g/mol. The molecule has 0 heterocycles. The van der Waals surface area contributed by atoms with Crippen molar-refractivity contribution in [1.29, 1.82) is 0 Å². The number of benzene rings is 3. The number of hydrogen-bond donors (Lipinski definition) is 0. The maximum Gasteiger partial charge on any atom is 0.203 e. The van der Waals surface area contributed by atoms with Gasteiger partial charge in [0.15, 0.2) is 28.8 Å². The Bertz CT molecular complexity index is 1420. The summed E-state index contributed by atoms with van der Waals surface area (Å²) in [5.74, 6) is 2.48. The van der Waals surface area contributed by atoms with E-state index < -0.39 is 0 Å². The molecule has 0 unspecified atom stereocenters. The van der Waals surface area contributed by atoms with Crippen LogP contribution in [0.25, 0.3) is 0 Å². The lowest BCUT2D eigenvalue weighted by Crippen LogP contribution is -2.14. The zero-order chi connectivity index (χ0) is 28.6. The van der Waals surface area contributed by atoms with Crippen molar-refractivity contribution in [2.24, 2.45) is 4.99 Å². The first-order valence-electron chi connectivity index (χ1n) is 12.6. The van der Waals surface area contributed by atoms with Crippen LogP contribution < -0.4 is 28.4 Å². The molecule has 1 aliphatic rings. The smallest absolute Gasteiger partial charge is 0.203 e. The van der Waals surface area contributed by atoms with Crippen molar-refractivity contribution in [3.8, 4) is 34.5 Å². The Hall–Kier alpha value is -4.72. The number of aliphatic imine (C=N–C) groups is 1. The van der Waals surface area contributed by atoms with Crippen LogP contribution in [0.2, 0.25) is 0 Å². The molecule has 0 saturated heterocycles. The summed E-state index contributed by atoms with van der Waals surface area (Å²) in [6, 6.07) is 16.9. The molecule has 4 rings (SSSR count). The minimum atomic E-state index is -0.192. The first-order chi connectivity index (χ1) is 19.5. The van der Waals surface area contributed by atoms with Crippen LogP contribution in [0.5, 0.6) is 34.5 Å². The first-order valence-corrected chi connectivity index (χ1v) is 12.6. The van der Waals surface area contributed by atoms with Gasteiger partial charge in [0.25, 0.3) is 0 Å². The number of hydrogen-bond acceptors (Lipinski definition) is 8. The van der Waals surface area contributed by atoms with Crippen LogP contribution in [0.1, 0.15) is 27.9 Å². The summed E-state index contributed by atoms with van der Waals surface area (Å²) in [6.45, 7) is 0.413. The Labute approximate surface area is 234 Å². The van der Waals surface area contributed by atoms with Crippen LogP contribution >= 0.6 is 0 Å². The van der Waals surface area contributed by atoms with Gasteiger partial charge >= 0.3 is 0 Å². The zero-order valence-corrected chi connectivity index (χ0v) is 23.6. The van der Waals surface area contributed by atoms with Gasteiger partial charge in [0.2, 0.25) is 11.5 Å². The molecule has 208 valence electrons. The number of Topliss-reactive ketones (excluding diaryl/α,β-unsaturated/α-hetero) is 1. The maximum atomic E-state index is 14.0. The van der Waals surface area contributed by atoms with Crippen LogP contribution in [-0.2, 0) is 6.54 Å². The Morgan fingerprint density at radius 1 is 0.650 bits per heavy atom. The number of rotatable bonds is 12. The van der Waals surface area contributed by atoms with E-state index in [4.69, 9.17) is 33.4 Å². The van der Waals surface area contributed by atoms with Gasteiger partial charge < -0.3 is 28.4 Å². The average Bonchev–Trinajstić information content (AvgIpc) is 3.49. The van der Waals surface area contributed by atoms with Gasteiger partial charge in [-0.25, -0.2) is 0 Å². The number of carbonyl (C=O) groups excluding carboxylic acids is 1. The van der Waals surface area contributed by atoms with E-state index in [1.165, 1.54) is 21.3 Å². The summed E-state index contributed by atoms with van der Waals surface area (Å²) in [6.07, 6.45) is 4.48. The highest BCUT2D eigenvalue weighted by molar-refractivity contribution is 6.25. The van der Waals surface area contributed by atoms with Gasteiger partial charge in [0.05, 0.1) is 54.9 Å². The molecule has 8 nitrogen and oxygen atoms in total. The third kappa shape index (κ3) is 5.66. The molecule has 1 aliphatic carbocycles. The van der Waals surface area contributed by atoms with E-state index in [0.29, 0.717) is 69.9 Å². The molecule has 3 aromatic carbocycles. The molecular formula is C32H33NO7. The fourth-order valence-corrected chi connectivity index (χ4v) is 4.62. The molecule has 0 bridgehead atoms. The van der Waals surface area contributed by atoms with Gasteiger partial charge in [-0.2, -0.15) is 0 Å². The van der Waals surface area contributed by atoms with E-state index in [2.05, 4.69) is 0 Å². The van der Waals surface area contributed by atoms with Crippen molar-refractivity contribution in [1.82, 2.24) is 0 Å². The van der Waals surface area contributed by atoms with Crippen LogP contribution in [0.4, 0.5) is 0 Å². The molecule has 0 aliphatic heterocycles. The van der Waals surface area contributed by atoms with Crippen molar-refractivity contribution >= 4 is 11.5 Å². The third-order valence-corrected chi connectivity index (χ3v) is 6.56. The molecule has 0 N–H and O–H groups in total. The fraction of sp³-hybridized carbons (Fsp3) is 0.250. The summed E-state index contributed by atoms with van der Waals surface area (Å²) in [5.41, 5.74) is 4.03. The van der Waals surface area contributed by atoms with Crippen molar-refractivity contribution in [3.05, 3.63) is 94.6 Å². The lowest BCUT2D eigenvalue weighted by atomic mass is 9.92. The number of methoxy groups -OCH3 is 6. The molecule has 8 heteroatoms. The number of nitrogens with zero attached hydrogens (tertiary/aromatic N) is 1. The highest BCUT2D eigenvalue weighted by Crippen LogP contribution is 2.41. The Kier molecular flexibility index (Phi) is 9.11. The lowest BCUT2D eigenvalue weighted by Gasteiger charge is -2.18. The second-order valence-corrected chi connectivity index (χ2v) is 8.78. The van der Waals surface area contributed by atoms with Gasteiger partial charge in [-0.15, -0.1) is 0 Å². The van der Waals surface area contributed by atoms with Crippen molar-refractivity contribution < 1.29 is 33.2 Å². The van der Waals surface area contributed by atoms with Gasteiger partial charge in [-0.05, 0) is 36.2 Å². The van der Waals surface area contributed by atoms with Gasteiger partial charge in [-0.3, -0.25) is 9.79 Å². The van der Waals surface area contributed by atoms with Crippen LogP contribution in [-0.4, -0.2) is 54.2 Å². The van der Waals surface area contributed by atoms with E-state index in [0.717, 1.165) is 11.1 Å². The second-order valence-electron chi connectivity index (χ2n) is 8.78. The third-order valence-electron chi connectivity index (χ3n) is 6.56. The molecule has 0 saturated carbocycles. The number of ether oxygens (including phenoxy) is 6. The van der Waals surface area contributed by atoms with E-state index in [9.17, 15) is 4.79 Å². The van der Waals surface area contributed by atoms with Crippen LogP contribution in [0, 0.1) is 0 Å². The zero-order valence-electron chi connectivity index (χ0n) is 23.6. The second kappa shape index (κ2) is 12.9. The number of allylic oxidation sites excluding steroid dienone is 4. The fourth-order valence-electron chi connectivity index (χ4n) is 4.62. The minimum absolute atomic E-state index is 0.192. The summed E-state index contributed by atoms with van der Waals surface area (Å²) >= 11 is 0. The normalized spacial score (nSPS) is 12.8. The van der Waals surface area contributed by atoms with Crippen LogP contribution in [0.15, 0.2) is 82.9 Å². The van der Waals surface area contributed by atoms with E-state index in [1.807, 2.05) is 54.6 Å². The van der Waals surface area contributed by atoms with Crippen molar-refractivity contribution in [2.75, 3.05) is 42.7 Å². The average molecular weight is 544 g/mol. The van der Waals surface area contributed by atoms with E-state index in [-0.39, 0.29) is 5.78 Å². The summed E-state index contributed by atoms with van der Waals surface area (Å²) in [5, 5.41) is 0. The Morgan fingerprint density at radius 3 is 1.60 bits per heavy atom. The number of carbonyl (C=O) groups is 1. The van der Waals surface area contributed by atoms with E-state index in [1.54, 1.807) is 33.5 Å². The molecule has 40 heavy (non-hydrogen) atoms. The molecule has 0 spiro atoms. The number of ketones is 1. The lowest BCUT2D eigenvalue weighted by molar-refractivity contribution is 0.103. The van der Waals surface area contributed by atoms with Gasteiger partial charge in [0.1, 0.15) is 0 Å². The molecule has 0 aromatic heterocycles. The summed E-state index contributed by atoms with van der Waals surface area (Å²) < 4.78 is 33.1. The molecule has 0 amide bonds. The molecule has 0 atom stereocenters. The topological polar surface area (TPSA) is 84.8 Å². The molecule has 3 aromatic rings. The SMILES string of the molecule is COc1cc(C(=O)C2=CCC=C2C(=NCc2ccccc2)c2cc(OC)c(OC)c(OC)c2)cc(OC)c1OC. The minimum Gasteiger partial charge on any atom is -0.493 e. The standard InChI is InChI=1S/C32H33NO7/c1-35-25-15-21(16-26(36-2)31(25)39-5)29(33-19-20-11-8-7-9-12-20)23-13-10-14-24(23)30(34)22-17-27(37-3)32(40-6)28(18-22)38-4/h7-9,11-18H,10,19H2,1-6H3. The first kappa shape index (κ1) is 28.3. The Morgan fingerprint density at radius 2 is 1.12 bits per heavy atom. The van der Waals surface area contributed by atoms with Crippen molar-refractivity contribution in [2.45, 2.75) is 13.0 Å². The Balaban J connectivity index is 1.82.